The summed E-state index contributed by atoms with van der Waals surface area (Å²) in [6.45, 7) is -0.682. The maximum absolute atomic E-state index is 11.9. The van der Waals surface area contributed by atoms with Crippen LogP contribution < -0.4 is 10.1 Å². The second kappa shape index (κ2) is 8.60. The van der Waals surface area contributed by atoms with Gasteiger partial charge in [-0.3, -0.25) is 14.4 Å². The summed E-state index contributed by atoms with van der Waals surface area (Å²) in [4.78, 5) is 35.9. The summed E-state index contributed by atoms with van der Waals surface area (Å²) in [6.07, 6.45) is 0. The third kappa shape index (κ3) is 5.17. The Kier molecular flexibility index (Phi) is 6.51. The molecule has 1 heterocycles. The number of methoxy groups -OCH3 is 1. The molecule has 2 rings (SSSR count). The van der Waals surface area contributed by atoms with Crippen molar-refractivity contribution in [3.63, 3.8) is 0 Å². The predicted octanol–water partition coefficient (Wildman–Crippen LogP) is 2.68. The first-order valence-electron chi connectivity index (χ1n) is 6.86. The molecule has 0 aliphatic rings. The lowest BCUT2D eigenvalue weighted by molar-refractivity contribution is -0.141. The van der Waals surface area contributed by atoms with Crippen LogP contribution in [0.4, 0.5) is 0 Å². The van der Waals surface area contributed by atoms with Gasteiger partial charge in [0.05, 0.1) is 15.8 Å². The van der Waals surface area contributed by atoms with Crippen LogP contribution in [0.5, 0.6) is 5.75 Å². The number of benzene rings is 1. The number of halogens is 1. The number of ketones is 1. The summed E-state index contributed by atoms with van der Waals surface area (Å²) in [5, 5.41) is 2.43. The quantitative estimate of drug-likeness (QED) is 0.559. The molecule has 1 amide bonds. The molecular formula is C16H14BrNO5S. The zero-order chi connectivity index (χ0) is 17.5. The zero-order valence-corrected chi connectivity index (χ0v) is 15.1. The number of rotatable bonds is 7. The summed E-state index contributed by atoms with van der Waals surface area (Å²) < 4.78 is 10.7. The molecule has 0 fully saturated rings. The van der Waals surface area contributed by atoms with Gasteiger partial charge in [0.25, 0.3) is 5.91 Å². The minimum absolute atomic E-state index is 0.293. The van der Waals surface area contributed by atoms with Crippen molar-refractivity contribution in [2.45, 2.75) is 0 Å². The molecule has 0 aliphatic carbocycles. The monoisotopic (exact) mass is 411 g/mol. The van der Waals surface area contributed by atoms with E-state index in [0.717, 1.165) is 3.79 Å². The van der Waals surface area contributed by atoms with Crippen molar-refractivity contribution in [2.75, 3.05) is 20.3 Å². The number of ether oxygens (including phenoxy) is 2. The first-order valence-corrected chi connectivity index (χ1v) is 8.47. The Hall–Kier alpha value is -2.19. The molecule has 0 unspecified atom stereocenters. The molecule has 2 aromatic rings. The van der Waals surface area contributed by atoms with Gasteiger partial charge >= 0.3 is 5.97 Å². The highest BCUT2D eigenvalue weighted by Crippen LogP contribution is 2.22. The topological polar surface area (TPSA) is 81.7 Å². The SMILES string of the molecule is COc1cccc(C(=O)NCC(=O)OCC(=O)c2ccc(Br)s2)c1. The van der Waals surface area contributed by atoms with Crippen molar-refractivity contribution < 1.29 is 23.9 Å². The number of hydrogen-bond donors (Lipinski definition) is 1. The van der Waals surface area contributed by atoms with E-state index in [2.05, 4.69) is 21.2 Å². The van der Waals surface area contributed by atoms with E-state index in [1.165, 1.54) is 18.4 Å². The fourth-order valence-electron chi connectivity index (χ4n) is 1.75. The average molecular weight is 412 g/mol. The van der Waals surface area contributed by atoms with E-state index in [0.29, 0.717) is 16.2 Å². The molecule has 0 saturated carbocycles. The number of carbonyl (C=O) groups is 3. The molecule has 0 aliphatic heterocycles. The van der Waals surface area contributed by atoms with Crippen molar-refractivity contribution in [2.24, 2.45) is 0 Å². The van der Waals surface area contributed by atoms with Crippen LogP contribution in [0.2, 0.25) is 0 Å². The zero-order valence-electron chi connectivity index (χ0n) is 12.7. The summed E-state index contributed by atoms with van der Waals surface area (Å²) in [5.74, 6) is -0.870. The van der Waals surface area contributed by atoms with Crippen LogP contribution in [0, 0.1) is 0 Å². The second-order valence-electron chi connectivity index (χ2n) is 4.60. The Bertz CT molecular complexity index is 758. The Morgan fingerprint density at radius 2 is 2.00 bits per heavy atom. The van der Waals surface area contributed by atoms with Gasteiger partial charge in [-0.2, -0.15) is 0 Å². The van der Waals surface area contributed by atoms with E-state index < -0.39 is 11.9 Å². The van der Waals surface area contributed by atoms with E-state index in [1.807, 2.05) is 0 Å². The van der Waals surface area contributed by atoms with Gasteiger partial charge in [-0.15, -0.1) is 11.3 Å². The van der Waals surface area contributed by atoms with E-state index in [4.69, 9.17) is 9.47 Å². The molecule has 0 saturated heterocycles. The molecular weight excluding hydrogens is 398 g/mol. The van der Waals surface area contributed by atoms with Crippen molar-refractivity contribution in [3.8, 4) is 5.75 Å². The lowest BCUT2D eigenvalue weighted by atomic mass is 10.2. The van der Waals surface area contributed by atoms with Crippen LogP contribution in [-0.2, 0) is 9.53 Å². The van der Waals surface area contributed by atoms with Crippen LogP contribution >= 0.6 is 27.3 Å². The number of nitrogens with one attached hydrogen (secondary N) is 1. The Morgan fingerprint density at radius 3 is 2.67 bits per heavy atom. The van der Waals surface area contributed by atoms with Crippen molar-refractivity contribution in [1.29, 1.82) is 0 Å². The minimum atomic E-state index is -0.685. The fraction of sp³-hybridized carbons (Fsp3) is 0.188. The van der Waals surface area contributed by atoms with Crippen molar-refractivity contribution in [3.05, 3.63) is 50.6 Å². The van der Waals surface area contributed by atoms with Gasteiger partial charge in [0.1, 0.15) is 12.3 Å². The highest BCUT2D eigenvalue weighted by atomic mass is 79.9. The Labute approximate surface area is 150 Å². The van der Waals surface area contributed by atoms with E-state index in [1.54, 1.807) is 36.4 Å². The number of thiophene rings is 1. The lowest BCUT2D eigenvalue weighted by Crippen LogP contribution is -2.31. The minimum Gasteiger partial charge on any atom is -0.497 e. The Balaban J connectivity index is 1.78. The molecule has 24 heavy (non-hydrogen) atoms. The third-order valence-corrected chi connectivity index (χ3v) is 4.60. The first-order chi connectivity index (χ1) is 11.5. The van der Waals surface area contributed by atoms with Crippen LogP contribution in [0.15, 0.2) is 40.2 Å². The highest BCUT2D eigenvalue weighted by Gasteiger charge is 2.13. The van der Waals surface area contributed by atoms with Gasteiger partial charge < -0.3 is 14.8 Å². The van der Waals surface area contributed by atoms with Crippen molar-refractivity contribution in [1.82, 2.24) is 5.32 Å². The molecule has 1 aromatic heterocycles. The first kappa shape index (κ1) is 18.2. The van der Waals surface area contributed by atoms with Crippen LogP contribution in [0.3, 0.4) is 0 Å². The maximum Gasteiger partial charge on any atom is 0.325 e. The van der Waals surface area contributed by atoms with Gasteiger partial charge in [0.15, 0.2) is 6.61 Å². The maximum atomic E-state index is 11.9. The molecule has 1 N–H and O–H groups in total. The van der Waals surface area contributed by atoms with E-state index in [9.17, 15) is 14.4 Å². The molecule has 0 radical (unpaired) electrons. The number of amides is 1. The summed E-state index contributed by atoms with van der Waals surface area (Å²) in [7, 11) is 1.50. The van der Waals surface area contributed by atoms with Gasteiger partial charge in [-0.05, 0) is 46.3 Å². The predicted molar refractivity (Wildman–Crippen MR) is 92.6 cm³/mol. The molecule has 0 spiro atoms. The fourth-order valence-corrected chi connectivity index (χ4v) is 3.06. The smallest absolute Gasteiger partial charge is 0.325 e. The molecule has 0 bridgehead atoms. The van der Waals surface area contributed by atoms with E-state index in [-0.39, 0.29) is 18.9 Å². The number of esters is 1. The van der Waals surface area contributed by atoms with Gasteiger partial charge in [0, 0.05) is 5.56 Å². The average Bonchev–Trinajstić information content (AvgIpc) is 3.04. The molecule has 0 atom stereocenters. The Morgan fingerprint density at radius 1 is 1.21 bits per heavy atom. The normalized spacial score (nSPS) is 10.1. The largest absolute Gasteiger partial charge is 0.497 e. The lowest BCUT2D eigenvalue weighted by Gasteiger charge is -2.07. The second-order valence-corrected chi connectivity index (χ2v) is 7.07. The van der Waals surface area contributed by atoms with Crippen LogP contribution in [0.1, 0.15) is 20.0 Å². The standard InChI is InChI=1S/C16H14BrNO5S/c1-22-11-4-2-3-10(7-11)16(21)18-8-15(20)23-9-12(19)13-5-6-14(17)24-13/h2-7H,8-9H2,1H3,(H,18,21). The number of Topliss-reactive ketones (excluding diaryl/α,β-unsaturated/α-hetero) is 1. The van der Waals surface area contributed by atoms with Crippen LogP contribution in [-0.4, -0.2) is 37.9 Å². The highest BCUT2D eigenvalue weighted by molar-refractivity contribution is 9.11. The van der Waals surface area contributed by atoms with Gasteiger partial charge in [-0.1, -0.05) is 6.07 Å². The van der Waals surface area contributed by atoms with E-state index >= 15 is 0 Å². The molecule has 6 nitrogen and oxygen atoms in total. The summed E-state index contributed by atoms with van der Waals surface area (Å²) >= 11 is 4.52. The number of hydrogen-bond acceptors (Lipinski definition) is 6. The van der Waals surface area contributed by atoms with Gasteiger partial charge in [0.2, 0.25) is 5.78 Å². The molecule has 8 heteroatoms. The van der Waals surface area contributed by atoms with Crippen molar-refractivity contribution >= 4 is 44.9 Å². The molecule has 1 aromatic carbocycles. The van der Waals surface area contributed by atoms with Crippen LogP contribution in [0.25, 0.3) is 0 Å². The number of carbonyl (C=O) groups excluding carboxylic acids is 3. The molecule has 126 valence electrons. The van der Waals surface area contributed by atoms with Gasteiger partial charge in [-0.25, -0.2) is 0 Å². The third-order valence-electron chi connectivity index (χ3n) is 2.94. The summed E-state index contributed by atoms with van der Waals surface area (Å²) in [6, 6.07) is 9.92. The summed E-state index contributed by atoms with van der Waals surface area (Å²) in [5.41, 5.74) is 0.363.